The minimum atomic E-state index is -0.260. The molecule has 0 spiro atoms. The zero-order chi connectivity index (χ0) is 23.7. The van der Waals surface area contributed by atoms with E-state index >= 15 is 0 Å². The van der Waals surface area contributed by atoms with Crippen LogP contribution in [0.25, 0.3) is 6.08 Å². The molecule has 1 aliphatic carbocycles. The first-order valence-electron chi connectivity index (χ1n) is 12.2. The largest absolute Gasteiger partial charge is 0.508 e. The van der Waals surface area contributed by atoms with Crippen LogP contribution in [-0.2, 0) is 14.3 Å². The molecule has 3 aliphatic rings. The lowest BCUT2D eigenvalue weighted by Gasteiger charge is -2.32. The molecule has 0 saturated carbocycles. The molecule has 0 unspecified atom stereocenters. The van der Waals surface area contributed by atoms with Gasteiger partial charge in [-0.15, -0.1) is 0 Å². The van der Waals surface area contributed by atoms with Crippen LogP contribution in [0.1, 0.15) is 64.4 Å². The Balaban J connectivity index is 1.56. The molecule has 6 heteroatoms. The molecule has 0 bridgehead atoms. The van der Waals surface area contributed by atoms with Gasteiger partial charge in [0.1, 0.15) is 5.75 Å². The van der Waals surface area contributed by atoms with Gasteiger partial charge in [-0.25, -0.2) is 0 Å². The summed E-state index contributed by atoms with van der Waals surface area (Å²) in [5.74, 6) is -0.351. The quantitative estimate of drug-likeness (QED) is 0.387. The summed E-state index contributed by atoms with van der Waals surface area (Å²) in [6.45, 7) is 4.85. The van der Waals surface area contributed by atoms with E-state index in [4.69, 9.17) is 16.3 Å². The van der Waals surface area contributed by atoms with Gasteiger partial charge in [-0.2, -0.15) is 0 Å². The van der Waals surface area contributed by atoms with Gasteiger partial charge in [0, 0.05) is 13.0 Å². The van der Waals surface area contributed by atoms with Gasteiger partial charge in [-0.05, 0) is 61.4 Å². The van der Waals surface area contributed by atoms with Crippen LogP contribution in [0.2, 0.25) is 5.02 Å². The molecule has 5 nitrogen and oxygen atoms in total. The Labute approximate surface area is 201 Å². The zero-order valence-corrected chi connectivity index (χ0v) is 20.5. The van der Waals surface area contributed by atoms with Crippen molar-refractivity contribution in [1.29, 1.82) is 0 Å². The summed E-state index contributed by atoms with van der Waals surface area (Å²) in [5.41, 5.74) is 4.85. The first kappa shape index (κ1) is 24.0. The number of hydrogen-bond acceptors (Lipinski definition) is 4. The first-order valence-corrected chi connectivity index (χ1v) is 12.6. The van der Waals surface area contributed by atoms with Gasteiger partial charge in [-0.1, -0.05) is 55.5 Å². The number of phenolic OH excluding ortho intramolecular Hbond substituents is 1. The topological polar surface area (TPSA) is 66.8 Å². The SMILES string of the molecule is CCCC1=C2[C@@H](CC/C(=C/c3ccc(O)cc3Cl)CCC)OC[C@@H]2[C@@H]2C(=O)N(C)C(=O)[C@@H]2C1. The monoisotopic (exact) mass is 471 g/mol. The molecule has 2 fully saturated rings. The minimum absolute atomic E-state index is 0.00172. The summed E-state index contributed by atoms with van der Waals surface area (Å²) in [7, 11) is 1.62. The lowest BCUT2D eigenvalue weighted by Crippen LogP contribution is -2.34. The molecule has 4 rings (SSSR count). The Hall–Kier alpha value is -2.11. The molecule has 4 atom stereocenters. The van der Waals surface area contributed by atoms with Crippen LogP contribution in [0.4, 0.5) is 0 Å². The van der Waals surface area contributed by atoms with E-state index in [0.29, 0.717) is 18.1 Å². The molecule has 33 heavy (non-hydrogen) atoms. The van der Waals surface area contributed by atoms with Gasteiger partial charge in [0.05, 0.1) is 29.6 Å². The maximum absolute atomic E-state index is 12.9. The van der Waals surface area contributed by atoms with E-state index in [-0.39, 0.29) is 41.4 Å². The van der Waals surface area contributed by atoms with E-state index < -0.39 is 0 Å². The molecule has 0 aromatic heterocycles. The Morgan fingerprint density at radius 2 is 1.97 bits per heavy atom. The fraction of sp³-hybridized carbons (Fsp3) is 0.556. The van der Waals surface area contributed by atoms with Gasteiger partial charge in [0.25, 0.3) is 0 Å². The lowest BCUT2D eigenvalue weighted by molar-refractivity contribution is -0.138. The molecule has 1 N–H and O–H groups in total. The number of nitrogens with zero attached hydrogens (tertiary/aromatic N) is 1. The normalized spacial score (nSPS) is 27.4. The van der Waals surface area contributed by atoms with Crippen molar-refractivity contribution >= 4 is 29.5 Å². The number of halogens is 1. The standard InChI is InChI=1S/C27H34ClNO4/c1-4-6-16(12-17-9-10-19(30)14-22(17)28)8-11-23-24-18(7-5-2)13-20-25(21(24)15-33-23)27(32)29(3)26(20)31/h9-10,12,14,20-21,23,25,30H,4-8,11,13,15H2,1-3H3/b16-12+/t20-,21+,23-,25-/m1/s1. The van der Waals surface area contributed by atoms with Crippen molar-refractivity contribution in [2.24, 2.45) is 17.8 Å². The number of aromatic hydroxyl groups is 1. The summed E-state index contributed by atoms with van der Waals surface area (Å²) in [6, 6.07) is 5.07. The van der Waals surface area contributed by atoms with Crippen molar-refractivity contribution < 1.29 is 19.4 Å². The molecule has 178 valence electrons. The minimum Gasteiger partial charge on any atom is -0.508 e. The van der Waals surface area contributed by atoms with Crippen LogP contribution >= 0.6 is 11.6 Å². The maximum atomic E-state index is 12.9. The molecular weight excluding hydrogens is 438 g/mol. The third kappa shape index (κ3) is 4.63. The smallest absolute Gasteiger partial charge is 0.233 e. The zero-order valence-electron chi connectivity index (χ0n) is 19.8. The van der Waals surface area contributed by atoms with Crippen molar-refractivity contribution in [3.8, 4) is 5.75 Å². The number of carbonyl (C=O) groups excluding carboxylic acids is 2. The van der Waals surface area contributed by atoms with Gasteiger partial charge in [0.15, 0.2) is 0 Å². The number of ether oxygens (including phenoxy) is 1. The van der Waals surface area contributed by atoms with Gasteiger partial charge in [-0.3, -0.25) is 14.5 Å². The van der Waals surface area contributed by atoms with Crippen LogP contribution < -0.4 is 0 Å². The predicted molar refractivity (Wildman–Crippen MR) is 130 cm³/mol. The third-order valence-electron chi connectivity index (χ3n) is 7.42. The second-order valence-electron chi connectivity index (χ2n) is 9.61. The molecular formula is C27H34ClNO4. The number of fused-ring (bicyclic) bond motifs is 3. The summed E-state index contributed by atoms with van der Waals surface area (Å²) >= 11 is 6.33. The summed E-state index contributed by atoms with van der Waals surface area (Å²) < 4.78 is 6.30. The molecule has 2 saturated heterocycles. The number of likely N-dealkylation sites (tertiary alicyclic amines) is 1. The van der Waals surface area contributed by atoms with Gasteiger partial charge >= 0.3 is 0 Å². The van der Waals surface area contributed by atoms with Crippen molar-refractivity contribution in [2.45, 2.75) is 64.9 Å². The Morgan fingerprint density at radius 3 is 2.67 bits per heavy atom. The van der Waals surface area contributed by atoms with Crippen LogP contribution in [0.5, 0.6) is 5.75 Å². The molecule has 2 aliphatic heterocycles. The van der Waals surface area contributed by atoms with Crippen LogP contribution in [0.3, 0.4) is 0 Å². The van der Waals surface area contributed by atoms with Crippen molar-refractivity contribution in [1.82, 2.24) is 4.90 Å². The van der Waals surface area contributed by atoms with E-state index in [2.05, 4.69) is 19.9 Å². The number of rotatable bonds is 8. The van der Waals surface area contributed by atoms with Crippen molar-refractivity contribution in [3.63, 3.8) is 0 Å². The molecule has 2 amide bonds. The summed E-state index contributed by atoms with van der Waals surface area (Å²) in [6.07, 6.45) is 8.55. The maximum Gasteiger partial charge on any atom is 0.233 e. The third-order valence-corrected chi connectivity index (χ3v) is 7.75. The molecule has 1 aromatic rings. The second-order valence-corrected chi connectivity index (χ2v) is 10.0. The van der Waals surface area contributed by atoms with E-state index in [9.17, 15) is 14.7 Å². The molecule has 2 heterocycles. The average Bonchev–Trinajstić information content (AvgIpc) is 3.30. The summed E-state index contributed by atoms with van der Waals surface area (Å²) in [5, 5.41) is 10.2. The number of amides is 2. The second kappa shape index (κ2) is 10.0. The van der Waals surface area contributed by atoms with Gasteiger partial charge < -0.3 is 9.84 Å². The summed E-state index contributed by atoms with van der Waals surface area (Å²) in [4.78, 5) is 26.9. The highest BCUT2D eigenvalue weighted by Crippen LogP contribution is 2.50. The number of benzene rings is 1. The lowest BCUT2D eigenvalue weighted by atomic mass is 9.68. The number of imide groups is 1. The Bertz CT molecular complexity index is 998. The predicted octanol–water partition coefficient (Wildman–Crippen LogP) is 5.76. The average molecular weight is 472 g/mol. The van der Waals surface area contributed by atoms with E-state index in [1.54, 1.807) is 19.2 Å². The fourth-order valence-electron chi connectivity index (χ4n) is 5.93. The highest BCUT2D eigenvalue weighted by Gasteiger charge is 2.55. The molecule has 1 aromatic carbocycles. The highest BCUT2D eigenvalue weighted by atomic mass is 35.5. The number of hydrogen-bond donors (Lipinski definition) is 1. The van der Waals surface area contributed by atoms with E-state index in [1.807, 2.05) is 6.07 Å². The van der Waals surface area contributed by atoms with Crippen LogP contribution in [0, 0.1) is 17.8 Å². The van der Waals surface area contributed by atoms with E-state index in [0.717, 1.165) is 44.1 Å². The van der Waals surface area contributed by atoms with Crippen molar-refractivity contribution in [3.05, 3.63) is 45.5 Å². The van der Waals surface area contributed by atoms with Crippen LogP contribution in [0.15, 0.2) is 34.9 Å². The van der Waals surface area contributed by atoms with Crippen molar-refractivity contribution in [2.75, 3.05) is 13.7 Å². The van der Waals surface area contributed by atoms with E-state index in [1.165, 1.54) is 21.6 Å². The first-order chi connectivity index (χ1) is 15.8. The van der Waals surface area contributed by atoms with Crippen LogP contribution in [-0.4, -0.2) is 41.6 Å². The number of allylic oxidation sites excluding steroid dienone is 2. The molecule has 0 radical (unpaired) electrons. The van der Waals surface area contributed by atoms with Gasteiger partial charge in [0.2, 0.25) is 11.8 Å². The Kier molecular flexibility index (Phi) is 7.30. The number of phenols is 1. The highest BCUT2D eigenvalue weighted by molar-refractivity contribution is 6.32. The number of carbonyl (C=O) groups is 2. The fourth-order valence-corrected chi connectivity index (χ4v) is 6.16. The Morgan fingerprint density at radius 1 is 1.18 bits per heavy atom.